The minimum Gasteiger partial charge on any atom is -0.378 e. The Morgan fingerprint density at radius 2 is 1.97 bits per heavy atom. The molecule has 1 unspecified atom stereocenters. The van der Waals surface area contributed by atoms with Crippen LogP contribution in [0.4, 0.5) is 5.69 Å². The molecule has 10 heteroatoms. The number of nitrogens with two attached hydrogens (primary N) is 1. The van der Waals surface area contributed by atoms with Crippen molar-refractivity contribution in [2.75, 3.05) is 11.9 Å². The zero-order chi connectivity index (χ0) is 20.5. The number of nitrogens with zero attached hydrogens (tertiary/aromatic N) is 3. The highest BCUT2D eigenvalue weighted by molar-refractivity contribution is 6.23. The first-order valence-electron chi connectivity index (χ1n) is 9.29. The number of carbonyl (C=O) groups is 4. The summed E-state index contributed by atoms with van der Waals surface area (Å²) < 4.78 is 1.73. The molecule has 1 aromatic carbocycles. The lowest BCUT2D eigenvalue weighted by molar-refractivity contribution is -0.136. The third-order valence-corrected chi connectivity index (χ3v) is 4.99. The van der Waals surface area contributed by atoms with E-state index in [4.69, 9.17) is 5.73 Å². The predicted octanol–water partition coefficient (Wildman–Crippen LogP) is -0.145. The van der Waals surface area contributed by atoms with E-state index in [2.05, 4.69) is 15.7 Å². The van der Waals surface area contributed by atoms with Crippen molar-refractivity contribution in [1.29, 1.82) is 0 Å². The monoisotopic (exact) mass is 396 g/mol. The molecule has 10 nitrogen and oxygen atoms in total. The molecule has 2 aliphatic rings. The molecule has 0 radical (unpaired) electrons. The molecular weight excluding hydrogens is 376 g/mol. The highest BCUT2D eigenvalue weighted by atomic mass is 16.2. The van der Waals surface area contributed by atoms with Crippen LogP contribution in [0.1, 0.15) is 39.1 Å². The summed E-state index contributed by atoms with van der Waals surface area (Å²) in [5, 5.41) is 9.57. The summed E-state index contributed by atoms with van der Waals surface area (Å²) in [6, 6.07) is 4.04. The van der Waals surface area contributed by atoms with Crippen LogP contribution in [0.5, 0.6) is 0 Å². The van der Waals surface area contributed by atoms with Crippen LogP contribution >= 0.6 is 0 Å². The first kappa shape index (κ1) is 18.8. The number of benzene rings is 1. The molecule has 1 aromatic heterocycles. The Hall–Kier alpha value is -3.53. The maximum atomic E-state index is 12.8. The van der Waals surface area contributed by atoms with E-state index in [0.717, 1.165) is 16.2 Å². The maximum Gasteiger partial charge on any atom is 0.262 e. The Balaban J connectivity index is 1.49. The summed E-state index contributed by atoms with van der Waals surface area (Å²) in [6.45, 7) is 1.54. The molecule has 4 amide bonds. The molecule has 4 N–H and O–H groups in total. The van der Waals surface area contributed by atoms with Gasteiger partial charge in [0.15, 0.2) is 0 Å². The molecule has 150 valence electrons. The lowest BCUT2D eigenvalue weighted by Gasteiger charge is -2.27. The van der Waals surface area contributed by atoms with Gasteiger partial charge in [-0.2, -0.15) is 5.10 Å². The van der Waals surface area contributed by atoms with Crippen LogP contribution < -0.4 is 16.4 Å². The topological polar surface area (TPSA) is 139 Å². The quantitative estimate of drug-likeness (QED) is 0.577. The van der Waals surface area contributed by atoms with Crippen LogP contribution in [-0.2, 0) is 22.7 Å². The summed E-state index contributed by atoms with van der Waals surface area (Å²) in [5.74, 6) is -2.04. The summed E-state index contributed by atoms with van der Waals surface area (Å²) in [5.41, 5.74) is 7.65. The summed E-state index contributed by atoms with van der Waals surface area (Å²) in [4.78, 5) is 49.9. The largest absolute Gasteiger partial charge is 0.378 e. The van der Waals surface area contributed by atoms with Gasteiger partial charge in [0.25, 0.3) is 11.8 Å². The highest BCUT2D eigenvalue weighted by Gasteiger charge is 2.44. The van der Waals surface area contributed by atoms with Crippen LogP contribution in [0.3, 0.4) is 0 Å². The average Bonchev–Trinajstić information content (AvgIpc) is 3.24. The summed E-state index contributed by atoms with van der Waals surface area (Å²) >= 11 is 0. The molecule has 29 heavy (non-hydrogen) atoms. The van der Waals surface area contributed by atoms with Crippen molar-refractivity contribution in [2.45, 2.75) is 32.0 Å². The van der Waals surface area contributed by atoms with Crippen molar-refractivity contribution < 1.29 is 19.2 Å². The van der Waals surface area contributed by atoms with Crippen molar-refractivity contribution in [3.63, 3.8) is 0 Å². The Morgan fingerprint density at radius 1 is 1.17 bits per heavy atom. The van der Waals surface area contributed by atoms with Crippen molar-refractivity contribution in [3.05, 3.63) is 47.3 Å². The standard InChI is InChI=1S/C19H20N6O4/c20-5-6-24-10-12(9-22-24)21-8-11-1-2-13-14(7-11)19(29)25(18(13)28)15-3-4-16(26)23-17(15)27/h1-2,7,9-10,15,21H,3-6,8,20H2,(H,23,26,27). The molecule has 1 fully saturated rings. The Labute approximate surface area is 166 Å². The molecule has 0 aliphatic carbocycles. The molecule has 4 rings (SSSR count). The van der Waals surface area contributed by atoms with E-state index in [-0.39, 0.29) is 24.0 Å². The predicted molar refractivity (Wildman–Crippen MR) is 102 cm³/mol. The van der Waals surface area contributed by atoms with Gasteiger partial charge in [0.05, 0.1) is 29.6 Å². The number of hydrogen-bond acceptors (Lipinski definition) is 7. The van der Waals surface area contributed by atoms with Gasteiger partial charge < -0.3 is 11.1 Å². The first-order chi connectivity index (χ1) is 14.0. The van der Waals surface area contributed by atoms with Gasteiger partial charge in [-0.25, -0.2) is 0 Å². The van der Waals surface area contributed by atoms with E-state index in [9.17, 15) is 19.2 Å². The van der Waals surface area contributed by atoms with Gasteiger partial charge in [0.1, 0.15) is 6.04 Å². The fraction of sp³-hybridized carbons (Fsp3) is 0.316. The molecular formula is C19H20N6O4. The number of amides is 4. The fourth-order valence-electron chi connectivity index (χ4n) is 3.54. The van der Waals surface area contributed by atoms with Gasteiger partial charge in [-0.15, -0.1) is 0 Å². The number of aromatic nitrogens is 2. The van der Waals surface area contributed by atoms with Crippen molar-refractivity contribution in [2.24, 2.45) is 5.73 Å². The van der Waals surface area contributed by atoms with Crippen LogP contribution in [0, 0.1) is 0 Å². The zero-order valence-corrected chi connectivity index (χ0v) is 15.6. The fourth-order valence-corrected chi connectivity index (χ4v) is 3.54. The smallest absolute Gasteiger partial charge is 0.262 e. The van der Waals surface area contributed by atoms with Gasteiger partial charge >= 0.3 is 0 Å². The minimum absolute atomic E-state index is 0.0941. The lowest BCUT2D eigenvalue weighted by Crippen LogP contribution is -2.54. The molecule has 2 aliphatic heterocycles. The molecule has 0 bridgehead atoms. The second-order valence-corrected chi connectivity index (χ2v) is 6.96. The number of carbonyl (C=O) groups excluding carboxylic acids is 4. The van der Waals surface area contributed by atoms with Crippen LogP contribution in [0.25, 0.3) is 0 Å². The van der Waals surface area contributed by atoms with Gasteiger partial charge in [-0.1, -0.05) is 6.07 Å². The summed E-state index contributed by atoms with van der Waals surface area (Å²) in [7, 11) is 0. The first-order valence-corrected chi connectivity index (χ1v) is 9.29. The number of nitrogens with one attached hydrogen (secondary N) is 2. The number of anilines is 1. The Morgan fingerprint density at radius 3 is 2.72 bits per heavy atom. The summed E-state index contributed by atoms with van der Waals surface area (Å²) in [6.07, 6.45) is 3.75. The number of hydrogen-bond donors (Lipinski definition) is 3. The second kappa shape index (κ2) is 7.47. The van der Waals surface area contributed by atoms with Crippen LogP contribution in [0.15, 0.2) is 30.6 Å². The number of piperidine rings is 1. The molecule has 0 spiro atoms. The zero-order valence-electron chi connectivity index (χ0n) is 15.6. The van der Waals surface area contributed by atoms with E-state index in [1.807, 2.05) is 6.20 Å². The molecule has 3 heterocycles. The van der Waals surface area contributed by atoms with E-state index < -0.39 is 29.7 Å². The SMILES string of the molecule is NCCn1cc(NCc2ccc3c(c2)C(=O)N(C2CCC(=O)NC2=O)C3=O)cn1. The van der Waals surface area contributed by atoms with Gasteiger partial charge in [-0.3, -0.25) is 34.1 Å². The van der Waals surface area contributed by atoms with Gasteiger partial charge in [0, 0.05) is 25.7 Å². The van der Waals surface area contributed by atoms with E-state index in [1.54, 1.807) is 29.1 Å². The Kier molecular flexibility index (Phi) is 4.85. The second-order valence-electron chi connectivity index (χ2n) is 6.96. The van der Waals surface area contributed by atoms with Gasteiger partial charge in [0.2, 0.25) is 11.8 Å². The van der Waals surface area contributed by atoms with Crippen molar-refractivity contribution in [3.8, 4) is 0 Å². The number of imide groups is 2. The third kappa shape index (κ3) is 3.49. The van der Waals surface area contributed by atoms with E-state index in [1.165, 1.54) is 0 Å². The Bertz CT molecular complexity index is 1010. The van der Waals surface area contributed by atoms with E-state index in [0.29, 0.717) is 19.6 Å². The third-order valence-electron chi connectivity index (χ3n) is 4.99. The van der Waals surface area contributed by atoms with Crippen LogP contribution in [-0.4, -0.2) is 50.9 Å². The normalized spacial score (nSPS) is 18.8. The maximum absolute atomic E-state index is 12.8. The molecule has 1 atom stereocenters. The van der Waals surface area contributed by atoms with Gasteiger partial charge in [-0.05, 0) is 24.1 Å². The molecule has 1 saturated heterocycles. The minimum atomic E-state index is -0.963. The highest BCUT2D eigenvalue weighted by Crippen LogP contribution is 2.28. The molecule has 2 aromatic rings. The van der Waals surface area contributed by atoms with Crippen molar-refractivity contribution in [1.82, 2.24) is 20.0 Å². The van der Waals surface area contributed by atoms with E-state index >= 15 is 0 Å². The lowest BCUT2D eigenvalue weighted by atomic mass is 10.0. The molecule has 0 saturated carbocycles. The number of rotatable bonds is 6. The van der Waals surface area contributed by atoms with Crippen molar-refractivity contribution >= 4 is 29.3 Å². The van der Waals surface area contributed by atoms with Crippen LogP contribution in [0.2, 0.25) is 0 Å². The number of fused-ring (bicyclic) bond motifs is 1. The average molecular weight is 396 g/mol.